The summed E-state index contributed by atoms with van der Waals surface area (Å²) in [6, 6.07) is 23.1. The minimum atomic E-state index is -1.04. The van der Waals surface area contributed by atoms with Crippen molar-refractivity contribution >= 4 is 34.4 Å². The molecule has 0 atom stereocenters. The van der Waals surface area contributed by atoms with E-state index in [1.165, 1.54) is 22.9 Å². The Bertz CT molecular complexity index is 1600. The van der Waals surface area contributed by atoms with Crippen molar-refractivity contribution in [1.82, 2.24) is 9.78 Å². The molecule has 1 aromatic heterocycles. The lowest BCUT2D eigenvalue weighted by Crippen LogP contribution is -2.15. The Labute approximate surface area is 205 Å². The highest BCUT2D eigenvalue weighted by Gasteiger charge is 2.22. The van der Waals surface area contributed by atoms with Gasteiger partial charge in [-0.15, -0.1) is 0 Å². The summed E-state index contributed by atoms with van der Waals surface area (Å²) in [5, 5.41) is 14.8. The summed E-state index contributed by atoms with van der Waals surface area (Å²) in [6.07, 6.45) is 0. The number of hydrogen-bond acceptors (Lipinski definition) is 3. The lowest BCUT2D eigenvalue weighted by Gasteiger charge is -2.09. The number of benzene rings is 4. The van der Waals surface area contributed by atoms with E-state index in [1.807, 2.05) is 0 Å². The molecule has 35 heavy (non-hydrogen) atoms. The van der Waals surface area contributed by atoms with Crippen LogP contribution in [0, 0.1) is 12.7 Å². The maximum absolute atomic E-state index is 14.5. The number of aryl methyl sites for hydroxylation is 1. The van der Waals surface area contributed by atoms with Crippen molar-refractivity contribution in [3.8, 4) is 22.4 Å². The van der Waals surface area contributed by atoms with Gasteiger partial charge in [-0.25, -0.2) is 9.18 Å². The number of nitrogens with zero attached hydrogens (tertiary/aromatic N) is 2. The van der Waals surface area contributed by atoms with Crippen LogP contribution in [-0.4, -0.2) is 26.8 Å². The van der Waals surface area contributed by atoms with Gasteiger partial charge in [0.2, 0.25) is 0 Å². The van der Waals surface area contributed by atoms with Gasteiger partial charge in [-0.05, 0) is 54.4 Å². The van der Waals surface area contributed by atoms with Crippen molar-refractivity contribution in [2.45, 2.75) is 6.92 Å². The second-order valence-electron chi connectivity index (χ2n) is 8.09. The van der Waals surface area contributed by atoms with E-state index in [2.05, 4.69) is 5.10 Å². The van der Waals surface area contributed by atoms with Gasteiger partial charge in [-0.2, -0.15) is 9.78 Å². The van der Waals surface area contributed by atoms with Gasteiger partial charge in [0.15, 0.2) is 0 Å². The van der Waals surface area contributed by atoms with E-state index in [1.54, 1.807) is 73.7 Å². The van der Waals surface area contributed by atoms with Crippen molar-refractivity contribution in [3.63, 3.8) is 0 Å². The average Bonchev–Trinajstić information content (AvgIpc) is 3.23. The molecule has 0 aliphatic rings. The molecule has 0 radical (unpaired) electrons. The summed E-state index contributed by atoms with van der Waals surface area (Å²) in [4.78, 5) is 24.9. The smallest absolute Gasteiger partial charge is 0.335 e. The van der Waals surface area contributed by atoms with Gasteiger partial charge >= 0.3 is 5.97 Å². The topological polar surface area (TPSA) is 72.2 Å². The maximum Gasteiger partial charge on any atom is 0.335 e. The third kappa shape index (κ3) is 3.98. The maximum atomic E-state index is 14.5. The lowest BCUT2D eigenvalue weighted by molar-refractivity contribution is 0.0696. The fraction of sp³-hybridized carbons (Fsp3) is 0.0357. The first kappa shape index (κ1) is 22.5. The van der Waals surface area contributed by atoms with Crippen molar-refractivity contribution in [2.75, 3.05) is 0 Å². The molecule has 0 unspecified atom stereocenters. The average molecular weight is 485 g/mol. The summed E-state index contributed by atoms with van der Waals surface area (Å²) in [5.74, 6) is -1.83. The molecule has 7 heteroatoms. The monoisotopic (exact) mass is 484 g/mol. The van der Waals surface area contributed by atoms with E-state index < -0.39 is 11.9 Å². The number of aromatic nitrogens is 2. The summed E-state index contributed by atoms with van der Waals surface area (Å²) >= 11 is 6.38. The van der Waals surface area contributed by atoms with E-state index in [-0.39, 0.29) is 11.4 Å². The second kappa shape index (κ2) is 8.81. The number of aromatic carboxylic acids is 1. The van der Waals surface area contributed by atoms with Crippen LogP contribution in [0.1, 0.15) is 26.3 Å². The second-order valence-corrected chi connectivity index (χ2v) is 8.50. The highest BCUT2D eigenvalue weighted by Crippen LogP contribution is 2.33. The number of hydrogen-bond donors (Lipinski definition) is 1. The molecule has 4 aromatic carbocycles. The van der Waals surface area contributed by atoms with Crippen LogP contribution in [0.15, 0.2) is 84.9 Å². The Balaban J connectivity index is 1.75. The Hall–Kier alpha value is -4.29. The Kier molecular flexibility index (Phi) is 5.67. The van der Waals surface area contributed by atoms with Gasteiger partial charge < -0.3 is 5.11 Å². The molecule has 0 bridgehead atoms. The SMILES string of the molecule is Cc1cccc(Cl)c1C(=O)n1nc(-c2ccc(C(=O)O)cc2)c2ccc(-c3ccccc3F)cc21. The number of carbonyl (C=O) groups is 2. The zero-order chi connectivity index (χ0) is 24.7. The van der Waals surface area contributed by atoms with E-state index in [4.69, 9.17) is 11.6 Å². The third-order valence-electron chi connectivity index (χ3n) is 5.90. The molecule has 5 aromatic rings. The molecule has 5 rings (SSSR count). The van der Waals surface area contributed by atoms with Crippen LogP contribution in [0.2, 0.25) is 5.02 Å². The quantitative estimate of drug-likeness (QED) is 0.302. The Morgan fingerprint density at radius 3 is 2.31 bits per heavy atom. The number of carboxylic acid groups (broad SMARTS) is 1. The molecule has 1 heterocycles. The van der Waals surface area contributed by atoms with Crippen LogP contribution >= 0.6 is 11.6 Å². The molecule has 0 spiro atoms. The Morgan fingerprint density at radius 1 is 0.914 bits per heavy atom. The predicted molar refractivity (Wildman–Crippen MR) is 133 cm³/mol. The van der Waals surface area contributed by atoms with Gasteiger partial charge in [-0.1, -0.05) is 60.1 Å². The summed E-state index contributed by atoms with van der Waals surface area (Å²) in [7, 11) is 0. The van der Waals surface area contributed by atoms with Gasteiger partial charge in [-0.3, -0.25) is 4.79 Å². The zero-order valence-electron chi connectivity index (χ0n) is 18.5. The van der Waals surface area contributed by atoms with Crippen LogP contribution in [-0.2, 0) is 0 Å². The molecular formula is C28H18ClFN2O3. The highest BCUT2D eigenvalue weighted by molar-refractivity contribution is 6.34. The van der Waals surface area contributed by atoms with E-state index in [9.17, 15) is 19.1 Å². The van der Waals surface area contributed by atoms with Crippen LogP contribution in [0.5, 0.6) is 0 Å². The molecule has 0 aliphatic carbocycles. The van der Waals surface area contributed by atoms with Crippen molar-refractivity contribution in [2.24, 2.45) is 0 Å². The first-order chi connectivity index (χ1) is 16.8. The van der Waals surface area contributed by atoms with Gasteiger partial charge in [0.1, 0.15) is 11.5 Å². The lowest BCUT2D eigenvalue weighted by atomic mass is 10.0. The number of halogens is 2. The van der Waals surface area contributed by atoms with Crippen molar-refractivity contribution in [3.05, 3.63) is 112 Å². The third-order valence-corrected chi connectivity index (χ3v) is 6.21. The Morgan fingerprint density at radius 2 is 1.63 bits per heavy atom. The van der Waals surface area contributed by atoms with Crippen molar-refractivity contribution < 1.29 is 19.1 Å². The number of fused-ring (bicyclic) bond motifs is 1. The number of rotatable bonds is 4. The number of carbonyl (C=O) groups excluding carboxylic acids is 1. The standard InChI is InChI=1S/C28H18ClFN2O3/c1-16-5-4-7-22(29)25(16)27(33)32-24-15-19(20-6-2-3-8-23(20)30)13-14-21(24)26(31-32)17-9-11-18(12-10-17)28(34)35/h2-15H,1H3,(H,34,35). The fourth-order valence-corrected chi connectivity index (χ4v) is 4.43. The first-order valence-electron chi connectivity index (χ1n) is 10.8. The van der Waals surface area contributed by atoms with Crippen LogP contribution in [0.25, 0.3) is 33.3 Å². The zero-order valence-corrected chi connectivity index (χ0v) is 19.3. The minimum absolute atomic E-state index is 0.141. The molecule has 1 N–H and O–H groups in total. The van der Waals surface area contributed by atoms with Gasteiger partial charge in [0.05, 0.1) is 21.7 Å². The molecule has 0 amide bonds. The van der Waals surface area contributed by atoms with E-state index in [0.717, 1.165) is 0 Å². The fourth-order valence-electron chi connectivity index (χ4n) is 4.13. The summed E-state index contributed by atoms with van der Waals surface area (Å²) in [6.45, 7) is 1.79. The van der Waals surface area contributed by atoms with E-state index >= 15 is 0 Å². The molecule has 0 aliphatic heterocycles. The molecule has 5 nitrogen and oxygen atoms in total. The summed E-state index contributed by atoms with van der Waals surface area (Å²) in [5.41, 5.74) is 3.76. The van der Waals surface area contributed by atoms with Crippen molar-refractivity contribution in [1.29, 1.82) is 0 Å². The first-order valence-corrected chi connectivity index (χ1v) is 11.1. The van der Waals surface area contributed by atoms with Crippen LogP contribution in [0.3, 0.4) is 0 Å². The predicted octanol–water partition coefficient (Wildman–Crippen LogP) is 6.86. The highest BCUT2D eigenvalue weighted by atomic mass is 35.5. The van der Waals surface area contributed by atoms with Crippen LogP contribution in [0.4, 0.5) is 4.39 Å². The van der Waals surface area contributed by atoms with E-state index in [0.29, 0.717) is 49.4 Å². The van der Waals surface area contributed by atoms with Gasteiger partial charge in [0.25, 0.3) is 5.91 Å². The molecular weight excluding hydrogens is 467 g/mol. The summed E-state index contributed by atoms with van der Waals surface area (Å²) < 4.78 is 15.8. The molecule has 0 fully saturated rings. The largest absolute Gasteiger partial charge is 0.478 e. The molecule has 0 saturated carbocycles. The molecule has 172 valence electrons. The normalized spacial score (nSPS) is 11.1. The minimum Gasteiger partial charge on any atom is -0.478 e. The van der Waals surface area contributed by atoms with Gasteiger partial charge in [0, 0.05) is 16.5 Å². The molecule has 0 saturated heterocycles. The number of carboxylic acids is 1. The van der Waals surface area contributed by atoms with Crippen LogP contribution < -0.4 is 0 Å².